The Morgan fingerprint density at radius 1 is 1.11 bits per heavy atom. The van der Waals surface area contributed by atoms with Crippen molar-refractivity contribution in [1.82, 2.24) is 16.0 Å². The Bertz CT molecular complexity index is 638. The van der Waals surface area contributed by atoms with E-state index in [1.54, 1.807) is 7.11 Å². The smallest absolute Gasteiger partial charge is 0.251 e. The van der Waals surface area contributed by atoms with Gasteiger partial charge in [0.15, 0.2) is 0 Å². The maximum atomic E-state index is 12.3. The normalized spacial score (nSPS) is 16.4. The van der Waals surface area contributed by atoms with Crippen molar-refractivity contribution < 1.29 is 14.3 Å². The number of benzene rings is 1. The van der Waals surface area contributed by atoms with Crippen LogP contribution in [0.5, 0.6) is 0 Å². The molecule has 6 nitrogen and oxygen atoms in total. The van der Waals surface area contributed by atoms with Crippen molar-refractivity contribution in [2.24, 2.45) is 5.41 Å². The molecule has 2 amide bonds. The highest BCUT2D eigenvalue weighted by atomic mass is 16.5. The fourth-order valence-electron chi connectivity index (χ4n) is 3.52. The van der Waals surface area contributed by atoms with E-state index >= 15 is 0 Å². The average molecular weight is 390 g/mol. The summed E-state index contributed by atoms with van der Waals surface area (Å²) in [5.41, 5.74) is 1.86. The number of nitrogens with one attached hydrogen (secondary N) is 3. The van der Waals surface area contributed by atoms with Gasteiger partial charge < -0.3 is 20.7 Å². The molecule has 0 unspecified atom stereocenters. The number of methoxy groups -OCH3 is 1. The van der Waals surface area contributed by atoms with Crippen molar-refractivity contribution in [1.29, 1.82) is 0 Å². The van der Waals surface area contributed by atoms with E-state index in [4.69, 9.17) is 4.74 Å². The Hall–Kier alpha value is -1.92. The zero-order valence-electron chi connectivity index (χ0n) is 17.7. The number of rotatable bonds is 8. The zero-order chi connectivity index (χ0) is 20.6. The minimum atomic E-state index is -0.150. The number of carbonyl (C=O) groups is 2. The summed E-state index contributed by atoms with van der Waals surface area (Å²) in [4.78, 5) is 24.4. The highest BCUT2D eigenvalue weighted by Gasteiger charge is 2.32. The van der Waals surface area contributed by atoms with Crippen LogP contribution < -0.4 is 16.0 Å². The molecule has 2 rings (SSSR count). The Morgan fingerprint density at radius 3 is 2.32 bits per heavy atom. The molecule has 0 radical (unpaired) electrons. The van der Waals surface area contributed by atoms with Gasteiger partial charge in [-0.15, -0.1) is 0 Å². The first-order valence-corrected chi connectivity index (χ1v) is 10.1. The van der Waals surface area contributed by atoms with Crippen LogP contribution in [0, 0.1) is 5.41 Å². The molecule has 6 heteroatoms. The third-order valence-corrected chi connectivity index (χ3v) is 5.43. The first kappa shape index (κ1) is 22.4. The van der Waals surface area contributed by atoms with Crippen LogP contribution in [0.2, 0.25) is 0 Å². The summed E-state index contributed by atoms with van der Waals surface area (Å²) >= 11 is 0. The summed E-state index contributed by atoms with van der Waals surface area (Å²) < 4.78 is 5.37. The molecule has 1 heterocycles. The monoisotopic (exact) mass is 389 g/mol. The molecule has 1 aromatic rings. The molecule has 1 aromatic carbocycles. The molecule has 0 aliphatic carbocycles. The van der Waals surface area contributed by atoms with Gasteiger partial charge >= 0.3 is 0 Å². The second kappa shape index (κ2) is 10.0. The van der Waals surface area contributed by atoms with Crippen LogP contribution in [0.15, 0.2) is 24.3 Å². The van der Waals surface area contributed by atoms with Crippen LogP contribution in [0.4, 0.5) is 0 Å². The number of ether oxygens (including phenoxy) is 1. The lowest BCUT2D eigenvalue weighted by Crippen LogP contribution is -2.47. The minimum absolute atomic E-state index is 0.00765. The molecule has 1 aliphatic rings. The van der Waals surface area contributed by atoms with E-state index < -0.39 is 0 Å². The van der Waals surface area contributed by atoms with Gasteiger partial charge in [0.2, 0.25) is 5.91 Å². The Morgan fingerprint density at radius 2 is 1.75 bits per heavy atom. The van der Waals surface area contributed by atoms with Crippen LogP contribution in [-0.2, 0) is 14.9 Å². The number of amides is 2. The second-order valence-electron chi connectivity index (χ2n) is 8.79. The van der Waals surface area contributed by atoms with Gasteiger partial charge in [-0.2, -0.15) is 0 Å². The lowest BCUT2D eigenvalue weighted by Gasteiger charge is -2.37. The molecule has 0 atom stereocenters. The summed E-state index contributed by atoms with van der Waals surface area (Å²) in [6.07, 6.45) is 2.25. The van der Waals surface area contributed by atoms with Crippen LogP contribution >= 0.6 is 0 Å². The molecule has 0 aromatic heterocycles. The van der Waals surface area contributed by atoms with Crippen LogP contribution in [-0.4, -0.2) is 51.7 Å². The Labute approximate surface area is 168 Å². The van der Waals surface area contributed by atoms with E-state index in [0.29, 0.717) is 25.3 Å². The number of hydrogen-bond donors (Lipinski definition) is 3. The van der Waals surface area contributed by atoms with E-state index in [-0.39, 0.29) is 29.1 Å². The molecule has 3 N–H and O–H groups in total. The highest BCUT2D eigenvalue weighted by Crippen LogP contribution is 2.28. The number of carbonyl (C=O) groups excluding carboxylic acids is 2. The first-order chi connectivity index (χ1) is 13.3. The van der Waals surface area contributed by atoms with Crippen molar-refractivity contribution in [2.75, 3.05) is 39.9 Å². The van der Waals surface area contributed by atoms with Gasteiger partial charge in [-0.05, 0) is 49.0 Å². The molecule has 1 aliphatic heterocycles. The zero-order valence-corrected chi connectivity index (χ0v) is 17.7. The van der Waals surface area contributed by atoms with Gasteiger partial charge in [-0.1, -0.05) is 32.9 Å². The fourth-order valence-corrected chi connectivity index (χ4v) is 3.52. The average Bonchev–Trinajstić information content (AvgIpc) is 2.67. The van der Waals surface area contributed by atoms with Gasteiger partial charge in [-0.25, -0.2) is 0 Å². The molecular formula is C22H35N3O3. The third kappa shape index (κ3) is 6.60. The molecular weight excluding hydrogens is 354 g/mol. The largest absolute Gasteiger partial charge is 0.384 e. The summed E-state index contributed by atoms with van der Waals surface area (Å²) in [5.74, 6) is -0.195. The first-order valence-electron chi connectivity index (χ1n) is 10.1. The quantitative estimate of drug-likeness (QED) is 0.637. The van der Waals surface area contributed by atoms with Crippen LogP contribution in [0.25, 0.3) is 0 Å². The number of hydrogen-bond acceptors (Lipinski definition) is 4. The molecule has 0 saturated carbocycles. The highest BCUT2D eigenvalue weighted by molar-refractivity contribution is 5.94. The Balaban J connectivity index is 1.74. The molecule has 156 valence electrons. The van der Waals surface area contributed by atoms with E-state index in [1.807, 2.05) is 24.3 Å². The van der Waals surface area contributed by atoms with Crippen molar-refractivity contribution in [3.63, 3.8) is 0 Å². The van der Waals surface area contributed by atoms with Gasteiger partial charge in [0.1, 0.15) is 0 Å². The van der Waals surface area contributed by atoms with Crippen molar-refractivity contribution >= 4 is 11.8 Å². The van der Waals surface area contributed by atoms with E-state index in [2.05, 4.69) is 36.7 Å². The summed E-state index contributed by atoms with van der Waals surface area (Å²) in [6, 6.07) is 7.63. The van der Waals surface area contributed by atoms with Crippen LogP contribution in [0.1, 0.15) is 56.0 Å². The molecule has 0 spiro atoms. The second-order valence-corrected chi connectivity index (χ2v) is 8.79. The fraction of sp³-hybridized carbons (Fsp3) is 0.636. The molecule has 28 heavy (non-hydrogen) atoms. The predicted molar refractivity (Wildman–Crippen MR) is 112 cm³/mol. The van der Waals surface area contributed by atoms with E-state index in [1.165, 1.54) is 5.56 Å². The van der Waals surface area contributed by atoms with E-state index in [9.17, 15) is 9.59 Å². The number of piperidine rings is 1. The summed E-state index contributed by atoms with van der Waals surface area (Å²) in [7, 11) is 1.70. The maximum absolute atomic E-state index is 12.3. The van der Waals surface area contributed by atoms with Gasteiger partial charge in [-0.3, -0.25) is 9.59 Å². The summed E-state index contributed by atoms with van der Waals surface area (Å²) in [5, 5.41) is 9.19. The lowest BCUT2D eigenvalue weighted by molar-refractivity contribution is -0.121. The minimum Gasteiger partial charge on any atom is -0.384 e. The standard InChI is InChI=1S/C22H35N3O3/c1-21(2,3)18-7-5-17(6-8-18)20(27)24-12-9-19(26)25-15-22(16-28-4)10-13-23-14-11-22/h5-8,23H,9-16H2,1-4H3,(H,24,27)(H,25,26). The maximum Gasteiger partial charge on any atom is 0.251 e. The Kier molecular flexibility index (Phi) is 8.01. The predicted octanol–water partition coefficient (Wildman–Crippen LogP) is 2.24. The summed E-state index contributed by atoms with van der Waals surface area (Å²) in [6.45, 7) is 9.90. The topological polar surface area (TPSA) is 79.5 Å². The van der Waals surface area contributed by atoms with Gasteiger partial charge in [0, 0.05) is 37.6 Å². The SMILES string of the molecule is COCC1(CNC(=O)CCNC(=O)c2ccc(C(C)(C)C)cc2)CCNCC1. The molecule has 0 bridgehead atoms. The van der Waals surface area contributed by atoms with Gasteiger partial charge in [0.25, 0.3) is 5.91 Å². The van der Waals surface area contributed by atoms with E-state index in [0.717, 1.165) is 25.9 Å². The van der Waals surface area contributed by atoms with Crippen LogP contribution in [0.3, 0.4) is 0 Å². The lowest BCUT2D eigenvalue weighted by atomic mass is 9.79. The van der Waals surface area contributed by atoms with Crippen molar-refractivity contribution in [3.05, 3.63) is 35.4 Å². The van der Waals surface area contributed by atoms with Crippen molar-refractivity contribution in [3.8, 4) is 0 Å². The molecule has 1 saturated heterocycles. The van der Waals surface area contributed by atoms with Crippen molar-refractivity contribution in [2.45, 2.75) is 45.4 Å². The third-order valence-electron chi connectivity index (χ3n) is 5.43. The molecule has 1 fully saturated rings. The van der Waals surface area contributed by atoms with Gasteiger partial charge in [0.05, 0.1) is 6.61 Å².